The molecule has 1 aromatic rings. The molecule has 0 aromatic carbocycles. The maximum atomic E-state index is 13.2. The van der Waals surface area contributed by atoms with Crippen LogP contribution in [0.5, 0.6) is 0 Å². The van der Waals surface area contributed by atoms with Crippen molar-refractivity contribution in [2.24, 2.45) is 11.3 Å². The summed E-state index contributed by atoms with van der Waals surface area (Å²) in [6, 6.07) is 5.99. The average Bonchev–Trinajstić information content (AvgIpc) is 2.78. The zero-order chi connectivity index (χ0) is 21.1. The second kappa shape index (κ2) is 9.02. The number of fused-ring (bicyclic) bond motifs is 1. The minimum atomic E-state index is -0.601. The number of nitrogens with zero attached hydrogens (tertiary/aromatic N) is 3. The molecular weight excluding hydrogens is 382 g/mol. The molecule has 2 saturated heterocycles. The van der Waals surface area contributed by atoms with E-state index in [-0.39, 0.29) is 17.8 Å². The zero-order valence-electron chi connectivity index (χ0n) is 18.1. The van der Waals surface area contributed by atoms with Crippen LogP contribution in [0.2, 0.25) is 0 Å². The molecule has 3 fully saturated rings. The third-order valence-electron chi connectivity index (χ3n) is 7.12. The van der Waals surface area contributed by atoms with Gasteiger partial charge in [0, 0.05) is 37.9 Å². The monoisotopic (exact) mass is 415 g/mol. The summed E-state index contributed by atoms with van der Waals surface area (Å²) in [6.07, 6.45) is 3.55. The maximum absolute atomic E-state index is 13.2. The van der Waals surface area contributed by atoms with Crippen LogP contribution >= 0.6 is 0 Å². The highest BCUT2D eigenvalue weighted by Gasteiger charge is 2.54. The quantitative estimate of drug-likeness (QED) is 0.703. The van der Waals surface area contributed by atoms with Crippen molar-refractivity contribution in [2.45, 2.75) is 45.6 Å². The number of hydrogen-bond acceptors (Lipinski definition) is 6. The van der Waals surface area contributed by atoms with Crippen LogP contribution in [0, 0.1) is 18.3 Å². The van der Waals surface area contributed by atoms with Crippen LogP contribution in [-0.4, -0.2) is 78.7 Å². The van der Waals surface area contributed by atoms with Crippen molar-refractivity contribution < 1.29 is 19.1 Å². The van der Waals surface area contributed by atoms with Crippen molar-refractivity contribution in [3.8, 4) is 0 Å². The maximum Gasteiger partial charge on any atom is 0.314 e. The predicted molar refractivity (Wildman–Crippen MR) is 112 cm³/mol. The van der Waals surface area contributed by atoms with Crippen LogP contribution in [0.3, 0.4) is 0 Å². The van der Waals surface area contributed by atoms with E-state index < -0.39 is 5.41 Å². The van der Waals surface area contributed by atoms with Crippen molar-refractivity contribution >= 4 is 11.9 Å². The number of ether oxygens (including phenoxy) is 2. The molecule has 30 heavy (non-hydrogen) atoms. The Bertz CT molecular complexity index is 779. The SMILES string of the molecule is CCOC(=O)[C@@]12CCC(N3CCOCC3)C[C@H]1CCN(C(=O)c1cccc(C)n1)C2. The topological polar surface area (TPSA) is 72.0 Å². The Morgan fingerprint density at radius 3 is 2.77 bits per heavy atom. The molecule has 164 valence electrons. The van der Waals surface area contributed by atoms with Gasteiger partial charge in [-0.1, -0.05) is 6.07 Å². The third-order valence-corrected chi connectivity index (χ3v) is 7.12. The van der Waals surface area contributed by atoms with Crippen molar-refractivity contribution in [2.75, 3.05) is 46.0 Å². The smallest absolute Gasteiger partial charge is 0.314 e. The Balaban J connectivity index is 1.53. The molecule has 3 heterocycles. The fraction of sp³-hybridized carbons (Fsp3) is 0.696. The highest BCUT2D eigenvalue weighted by molar-refractivity contribution is 5.93. The van der Waals surface area contributed by atoms with Gasteiger partial charge >= 0.3 is 5.97 Å². The highest BCUT2D eigenvalue weighted by Crippen LogP contribution is 2.48. The molecule has 7 nitrogen and oxygen atoms in total. The predicted octanol–water partition coefficient (Wildman–Crippen LogP) is 2.29. The van der Waals surface area contributed by atoms with E-state index in [0.29, 0.717) is 31.4 Å². The van der Waals surface area contributed by atoms with Crippen LogP contribution in [0.4, 0.5) is 0 Å². The first-order chi connectivity index (χ1) is 14.5. The van der Waals surface area contributed by atoms with E-state index in [0.717, 1.165) is 57.7 Å². The Labute approximate surface area is 178 Å². The molecule has 1 aromatic heterocycles. The van der Waals surface area contributed by atoms with E-state index in [1.54, 1.807) is 6.07 Å². The van der Waals surface area contributed by atoms with Gasteiger partial charge in [-0.05, 0) is 57.6 Å². The number of piperidine rings is 1. The number of rotatable bonds is 4. The number of likely N-dealkylation sites (tertiary alicyclic amines) is 1. The normalized spacial score (nSPS) is 29.9. The van der Waals surface area contributed by atoms with Crippen LogP contribution in [0.1, 0.15) is 48.8 Å². The summed E-state index contributed by atoms with van der Waals surface area (Å²) < 4.78 is 11.1. The fourth-order valence-electron chi connectivity index (χ4n) is 5.51. The molecule has 3 atom stereocenters. The number of aromatic nitrogens is 1. The van der Waals surface area contributed by atoms with E-state index in [1.165, 1.54) is 0 Å². The van der Waals surface area contributed by atoms with Gasteiger partial charge in [0.2, 0.25) is 0 Å². The Morgan fingerprint density at radius 2 is 2.03 bits per heavy atom. The molecule has 1 saturated carbocycles. The average molecular weight is 416 g/mol. The summed E-state index contributed by atoms with van der Waals surface area (Å²) in [7, 11) is 0. The summed E-state index contributed by atoms with van der Waals surface area (Å²) in [5.74, 6) is 0.0221. The lowest BCUT2D eigenvalue weighted by Crippen LogP contribution is -2.59. The van der Waals surface area contributed by atoms with Crippen LogP contribution in [0.15, 0.2) is 18.2 Å². The van der Waals surface area contributed by atoms with Gasteiger partial charge in [0.1, 0.15) is 5.69 Å². The second-order valence-electron chi connectivity index (χ2n) is 8.83. The van der Waals surface area contributed by atoms with Crippen LogP contribution in [0.25, 0.3) is 0 Å². The minimum Gasteiger partial charge on any atom is -0.466 e. The largest absolute Gasteiger partial charge is 0.466 e. The number of aryl methyl sites for hydroxylation is 1. The molecule has 1 amide bonds. The van der Waals surface area contributed by atoms with Gasteiger partial charge in [-0.25, -0.2) is 4.98 Å². The zero-order valence-corrected chi connectivity index (χ0v) is 18.1. The molecule has 0 bridgehead atoms. The van der Waals surface area contributed by atoms with Crippen molar-refractivity contribution in [1.29, 1.82) is 0 Å². The van der Waals surface area contributed by atoms with E-state index in [2.05, 4.69) is 9.88 Å². The van der Waals surface area contributed by atoms with E-state index in [1.807, 2.05) is 30.9 Å². The van der Waals surface area contributed by atoms with Crippen LogP contribution < -0.4 is 0 Å². The van der Waals surface area contributed by atoms with Gasteiger partial charge in [-0.15, -0.1) is 0 Å². The standard InChI is InChI=1S/C23H33N3O4/c1-3-30-22(28)23-9-7-19(25-11-13-29-14-12-25)15-18(23)8-10-26(16-23)21(27)20-6-4-5-17(2)24-20/h4-6,18-19H,3,7-16H2,1-2H3/t18-,19?,23-/m1/s1. The Morgan fingerprint density at radius 1 is 1.23 bits per heavy atom. The number of carbonyl (C=O) groups excluding carboxylic acids is 2. The van der Waals surface area contributed by atoms with Crippen molar-refractivity contribution in [1.82, 2.24) is 14.8 Å². The lowest BCUT2D eigenvalue weighted by Gasteiger charge is -2.52. The van der Waals surface area contributed by atoms with Gasteiger partial charge in [0.05, 0.1) is 25.2 Å². The lowest BCUT2D eigenvalue weighted by molar-refractivity contribution is -0.168. The van der Waals surface area contributed by atoms with Gasteiger partial charge in [0.25, 0.3) is 5.91 Å². The number of amides is 1. The van der Waals surface area contributed by atoms with Gasteiger partial charge < -0.3 is 14.4 Å². The molecule has 2 aliphatic heterocycles. The molecule has 0 radical (unpaired) electrons. The van der Waals surface area contributed by atoms with Gasteiger partial charge in [0.15, 0.2) is 0 Å². The Kier molecular flexibility index (Phi) is 6.39. The summed E-state index contributed by atoms with van der Waals surface area (Å²) in [6.45, 7) is 8.71. The highest BCUT2D eigenvalue weighted by atomic mass is 16.5. The Hall–Kier alpha value is -1.99. The molecule has 4 rings (SSSR count). The molecule has 7 heteroatoms. The van der Waals surface area contributed by atoms with E-state index in [9.17, 15) is 9.59 Å². The summed E-state index contributed by atoms with van der Waals surface area (Å²) >= 11 is 0. The van der Waals surface area contributed by atoms with Gasteiger partial charge in [-0.3, -0.25) is 14.5 Å². The molecule has 3 aliphatic rings. The number of morpholine rings is 1. The van der Waals surface area contributed by atoms with E-state index >= 15 is 0 Å². The number of pyridine rings is 1. The first-order valence-electron chi connectivity index (χ1n) is 11.3. The molecule has 1 unspecified atom stereocenters. The summed E-state index contributed by atoms with van der Waals surface area (Å²) in [5.41, 5.74) is 0.674. The van der Waals surface area contributed by atoms with Crippen molar-refractivity contribution in [3.05, 3.63) is 29.6 Å². The van der Waals surface area contributed by atoms with E-state index in [4.69, 9.17) is 9.47 Å². The molecular formula is C23H33N3O4. The van der Waals surface area contributed by atoms with Crippen molar-refractivity contribution in [3.63, 3.8) is 0 Å². The summed E-state index contributed by atoms with van der Waals surface area (Å²) in [4.78, 5) is 35.1. The minimum absolute atomic E-state index is 0.0869. The van der Waals surface area contributed by atoms with Gasteiger partial charge in [-0.2, -0.15) is 0 Å². The van der Waals surface area contributed by atoms with Crippen LogP contribution in [-0.2, 0) is 14.3 Å². The fourth-order valence-corrected chi connectivity index (χ4v) is 5.51. The lowest BCUT2D eigenvalue weighted by atomic mass is 9.61. The third kappa shape index (κ3) is 4.10. The number of carbonyl (C=O) groups is 2. The molecule has 0 N–H and O–H groups in total. The molecule has 1 aliphatic carbocycles. The number of hydrogen-bond donors (Lipinski definition) is 0. The summed E-state index contributed by atoms with van der Waals surface area (Å²) in [5, 5.41) is 0. The first-order valence-corrected chi connectivity index (χ1v) is 11.3. The molecule has 0 spiro atoms. The number of esters is 1. The first kappa shape index (κ1) is 21.2. The second-order valence-corrected chi connectivity index (χ2v) is 8.83.